The molecule has 1 rings (SSSR count). The van der Waals surface area contributed by atoms with Gasteiger partial charge in [-0.2, -0.15) is 5.10 Å². The van der Waals surface area contributed by atoms with Gasteiger partial charge in [0, 0.05) is 24.7 Å². The Morgan fingerprint density at radius 2 is 2.33 bits per heavy atom. The van der Waals surface area contributed by atoms with Gasteiger partial charge in [-0.3, -0.25) is 10.0 Å². The van der Waals surface area contributed by atoms with Crippen molar-refractivity contribution < 1.29 is 0 Å². The fourth-order valence-electron chi connectivity index (χ4n) is 1.08. The maximum atomic E-state index is 6.16. The van der Waals surface area contributed by atoms with E-state index in [9.17, 15) is 0 Å². The predicted molar refractivity (Wildman–Crippen MR) is 85.0 cm³/mol. The number of hydrogen-bond donors (Lipinski definition) is 0. The molecule has 0 radical (unpaired) electrons. The van der Waals surface area contributed by atoms with Gasteiger partial charge in [0.15, 0.2) is 0 Å². The third-order valence-electron chi connectivity index (χ3n) is 1.95. The highest BCUT2D eigenvalue weighted by molar-refractivity contribution is 9.12. The van der Waals surface area contributed by atoms with Crippen LogP contribution in [0.5, 0.6) is 0 Å². The minimum atomic E-state index is 0.481. The summed E-state index contributed by atoms with van der Waals surface area (Å²) >= 11 is 11.0. The van der Waals surface area contributed by atoms with Crippen LogP contribution in [0.1, 0.15) is 4.88 Å². The lowest BCUT2D eigenvalue weighted by molar-refractivity contribution is 0.479. The molecule has 0 unspecified atom stereocenters. The zero-order valence-electron chi connectivity index (χ0n) is 10.1. The molecular weight excluding hydrogens is 334 g/mol. The van der Waals surface area contributed by atoms with Crippen LogP contribution >= 0.6 is 38.9 Å². The van der Waals surface area contributed by atoms with Gasteiger partial charge < -0.3 is 0 Å². The van der Waals surface area contributed by atoms with Crippen LogP contribution in [0.4, 0.5) is 0 Å². The number of aliphatic imine (C=N–C) groups is 1. The molecule has 0 bridgehead atoms. The molecule has 0 fully saturated rings. The van der Waals surface area contributed by atoms with Gasteiger partial charge in [-0.15, -0.1) is 11.3 Å². The average molecular weight is 347 g/mol. The second-order valence-electron chi connectivity index (χ2n) is 3.27. The summed E-state index contributed by atoms with van der Waals surface area (Å²) in [7, 11) is 3.49. The van der Waals surface area contributed by atoms with Crippen LogP contribution in [0.3, 0.4) is 0 Å². The first kappa shape index (κ1) is 15.1. The largest absolute Gasteiger partial charge is 0.287 e. The van der Waals surface area contributed by atoms with E-state index >= 15 is 0 Å². The van der Waals surface area contributed by atoms with E-state index in [0.717, 1.165) is 10.6 Å². The number of halogens is 2. The van der Waals surface area contributed by atoms with Crippen LogP contribution in [-0.2, 0) is 0 Å². The number of nitrogens with zero attached hydrogens (tertiary/aromatic N) is 3. The van der Waals surface area contributed by atoms with E-state index in [-0.39, 0.29) is 0 Å². The number of hydrogen-bond acceptors (Lipinski definition) is 4. The first-order valence-corrected chi connectivity index (χ1v) is 7.09. The normalized spacial score (nSPS) is 13.1. The lowest BCUT2D eigenvalue weighted by Gasteiger charge is -2.11. The number of thiophene rings is 1. The average Bonchev–Trinajstić information content (AvgIpc) is 2.86. The minimum Gasteiger partial charge on any atom is -0.287 e. The summed E-state index contributed by atoms with van der Waals surface area (Å²) in [5, 5.41) is 8.13. The molecule has 18 heavy (non-hydrogen) atoms. The number of rotatable bonds is 5. The number of hydrazone groups is 1. The highest BCUT2D eigenvalue weighted by Gasteiger charge is 2.05. The Kier molecular flexibility index (Phi) is 6.32. The van der Waals surface area contributed by atoms with Crippen LogP contribution in [-0.4, -0.2) is 31.0 Å². The summed E-state index contributed by atoms with van der Waals surface area (Å²) < 4.78 is 0.682. The van der Waals surface area contributed by atoms with Crippen LogP contribution in [0, 0.1) is 0 Å². The van der Waals surface area contributed by atoms with Crippen LogP contribution < -0.4 is 0 Å². The van der Waals surface area contributed by atoms with Crippen molar-refractivity contribution in [2.45, 2.75) is 0 Å². The van der Waals surface area contributed by atoms with Gasteiger partial charge >= 0.3 is 0 Å². The SMILES string of the molecule is C=C(Br)/C=N\N(C)/C(Cl)=C\C(=N/C)c1cccs1. The first-order valence-electron chi connectivity index (χ1n) is 5.04. The summed E-state index contributed by atoms with van der Waals surface area (Å²) in [5.74, 6) is 0. The van der Waals surface area contributed by atoms with Gasteiger partial charge in [-0.05, 0) is 27.4 Å². The van der Waals surface area contributed by atoms with Crippen molar-refractivity contribution in [2.24, 2.45) is 10.1 Å². The van der Waals surface area contributed by atoms with E-state index in [1.165, 1.54) is 0 Å². The molecule has 0 spiro atoms. The Balaban J connectivity index is 2.85. The molecule has 0 amide bonds. The molecule has 0 saturated carbocycles. The van der Waals surface area contributed by atoms with Crippen LogP contribution in [0.25, 0.3) is 0 Å². The summed E-state index contributed by atoms with van der Waals surface area (Å²) in [4.78, 5) is 5.28. The zero-order chi connectivity index (χ0) is 13.5. The molecule has 0 aromatic carbocycles. The fourth-order valence-corrected chi connectivity index (χ4v) is 2.05. The van der Waals surface area contributed by atoms with E-state index in [1.54, 1.807) is 42.7 Å². The van der Waals surface area contributed by atoms with Crippen molar-refractivity contribution in [1.29, 1.82) is 0 Å². The van der Waals surface area contributed by atoms with Crippen LogP contribution in [0.15, 0.2) is 49.9 Å². The second-order valence-corrected chi connectivity index (χ2v) is 5.62. The maximum Gasteiger partial charge on any atom is 0.127 e. The molecule has 0 saturated heterocycles. The third-order valence-corrected chi connectivity index (χ3v) is 3.40. The Hall–Kier alpha value is -0.910. The van der Waals surface area contributed by atoms with Gasteiger partial charge in [0.05, 0.1) is 16.8 Å². The van der Waals surface area contributed by atoms with Crippen molar-refractivity contribution in [3.63, 3.8) is 0 Å². The van der Waals surface area contributed by atoms with Gasteiger partial charge in [0.25, 0.3) is 0 Å². The standard InChI is InChI=1S/C12H13BrClN3S/c1-9(13)8-16-17(3)12(14)7-10(15-2)11-5-4-6-18-11/h4-8H,1H2,2-3H3/b12-7-,15-10+,16-8-. The van der Waals surface area contributed by atoms with Crippen LogP contribution in [0.2, 0.25) is 0 Å². The quantitative estimate of drug-likeness (QED) is 0.448. The second kappa shape index (κ2) is 7.51. The van der Waals surface area contributed by atoms with E-state index in [2.05, 4.69) is 32.6 Å². The van der Waals surface area contributed by atoms with E-state index < -0.39 is 0 Å². The monoisotopic (exact) mass is 345 g/mol. The summed E-state index contributed by atoms with van der Waals surface area (Å²) in [6.45, 7) is 3.66. The molecule has 0 aliphatic heterocycles. The third kappa shape index (κ3) is 4.76. The summed E-state index contributed by atoms with van der Waals surface area (Å²) in [6.07, 6.45) is 3.35. The molecule has 1 heterocycles. The molecule has 96 valence electrons. The topological polar surface area (TPSA) is 28.0 Å². The van der Waals surface area contributed by atoms with Crippen molar-refractivity contribution in [3.8, 4) is 0 Å². The smallest absolute Gasteiger partial charge is 0.127 e. The van der Waals surface area contributed by atoms with E-state index in [4.69, 9.17) is 11.6 Å². The molecule has 1 aromatic rings. The maximum absolute atomic E-state index is 6.16. The van der Waals surface area contributed by atoms with E-state index in [1.807, 2.05) is 17.5 Å². The van der Waals surface area contributed by atoms with Crippen molar-refractivity contribution >= 4 is 50.8 Å². The lowest BCUT2D eigenvalue weighted by atomic mass is 10.3. The Bertz CT molecular complexity index is 491. The van der Waals surface area contributed by atoms with Gasteiger partial charge in [0.1, 0.15) is 5.16 Å². The number of allylic oxidation sites excluding steroid dienone is 2. The first-order chi connectivity index (χ1) is 8.54. The molecular formula is C12H13BrClN3S. The molecule has 1 aromatic heterocycles. The Morgan fingerprint density at radius 1 is 1.61 bits per heavy atom. The highest BCUT2D eigenvalue weighted by atomic mass is 79.9. The summed E-state index contributed by atoms with van der Waals surface area (Å²) in [5.41, 5.74) is 0.828. The molecule has 0 aliphatic carbocycles. The fraction of sp³-hybridized carbons (Fsp3) is 0.167. The lowest BCUT2D eigenvalue weighted by Crippen LogP contribution is -2.08. The zero-order valence-corrected chi connectivity index (χ0v) is 13.3. The van der Waals surface area contributed by atoms with Gasteiger partial charge in [0.2, 0.25) is 0 Å². The van der Waals surface area contributed by atoms with Crippen molar-refractivity contribution in [2.75, 3.05) is 14.1 Å². The predicted octanol–water partition coefficient (Wildman–Crippen LogP) is 4.07. The molecule has 0 aliphatic rings. The molecule has 3 nitrogen and oxygen atoms in total. The Labute approximate surface area is 124 Å². The van der Waals surface area contributed by atoms with Gasteiger partial charge in [-0.1, -0.05) is 24.2 Å². The van der Waals surface area contributed by atoms with E-state index in [0.29, 0.717) is 9.64 Å². The minimum absolute atomic E-state index is 0.481. The van der Waals surface area contributed by atoms with Gasteiger partial charge in [-0.25, -0.2) is 0 Å². The molecule has 0 N–H and O–H groups in total. The summed E-state index contributed by atoms with van der Waals surface area (Å²) in [6, 6.07) is 3.97. The highest BCUT2D eigenvalue weighted by Crippen LogP contribution is 2.15. The van der Waals surface area contributed by atoms with Crippen molar-refractivity contribution in [3.05, 3.63) is 44.7 Å². The Morgan fingerprint density at radius 3 is 2.83 bits per heavy atom. The van der Waals surface area contributed by atoms with Crippen molar-refractivity contribution in [1.82, 2.24) is 5.01 Å². The molecule has 6 heteroatoms. The molecule has 0 atom stereocenters.